The summed E-state index contributed by atoms with van der Waals surface area (Å²) in [4.78, 5) is 0. The molecule has 0 aliphatic carbocycles. The minimum Gasteiger partial charge on any atom is -0.411 e. The van der Waals surface area contributed by atoms with E-state index in [2.05, 4.69) is 19.0 Å². The van der Waals surface area contributed by atoms with Crippen LogP contribution < -0.4 is 0 Å². The van der Waals surface area contributed by atoms with Crippen LogP contribution in [-0.4, -0.2) is 24.6 Å². The maximum atomic E-state index is 13.4. The Morgan fingerprint density at radius 3 is 2.17 bits per heavy atom. The van der Waals surface area contributed by atoms with Crippen molar-refractivity contribution in [2.75, 3.05) is 13.2 Å². The molecule has 0 heterocycles. The van der Waals surface area contributed by atoms with E-state index in [4.69, 9.17) is 14.3 Å². The molecule has 0 saturated carbocycles. The summed E-state index contributed by atoms with van der Waals surface area (Å²) in [6.07, 6.45) is 5.23. The van der Waals surface area contributed by atoms with E-state index in [-0.39, 0.29) is 0 Å². The van der Waals surface area contributed by atoms with Gasteiger partial charge < -0.3 is 14.3 Å². The second-order valence-corrected chi connectivity index (χ2v) is 7.59. The molecule has 0 aromatic heterocycles. The number of hydrogen-bond donors (Lipinski definition) is 1. The number of nitrogens with zero attached hydrogens (tertiary/aromatic N) is 1. The third kappa shape index (κ3) is 6.86. The fraction of sp³-hybridized carbons (Fsp3) is 0.588. The Morgan fingerprint density at radius 1 is 1.13 bits per heavy atom. The molecule has 0 amide bonds. The van der Waals surface area contributed by atoms with Crippen LogP contribution in [0.2, 0.25) is 0 Å². The molecule has 0 fully saturated rings. The summed E-state index contributed by atoms with van der Waals surface area (Å²) >= 11 is 0. The molecule has 0 bridgehead atoms. The van der Waals surface area contributed by atoms with Crippen LogP contribution in [0, 0.1) is 0 Å². The first-order valence-electron chi connectivity index (χ1n) is 8.27. The topological polar surface area (TPSA) is 68.1 Å². The van der Waals surface area contributed by atoms with E-state index in [0.29, 0.717) is 19.6 Å². The molecule has 0 aliphatic rings. The standard InChI is InChI=1S/C17H28NO4P/c1-3-5-14-21-23(20,22-15-6-4-2)17(12-13-18-19)16-10-8-7-9-11-16/h7-11,13,17,19H,3-6,12,14-15H2,1-2H3. The van der Waals surface area contributed by atoms with Gasteiger partial charge in [-0.2, -0.15) is 0 Å². The molecule has 1 aromatic carbocycles. The van der Waals surface area contributed by atoms with Gasteiger partial charge in [-0.1, -0.05) is 57.0 Å². The van der Waals surface area contributed by atoms with Crippen LogP contribution in [0.15, 0.2) is 35.5 Å². The second-order valence-electron chi connectivity index (χ2n) is 5.37. The fourth-order valence-corrected chi connectivity index (χ4v) is 4.25. The maximum absolute atomic E-state index is 13.4. The van der Waals surface area contributed by atoms with Gasteiger partial charge in [0.25, 0.3) is 0 Å². The molecule has 1 N–H and O–H groups in total. The van der Waals surface area contributed by atoms with E-state index >= 15 is 0 Å². The van der Waals surface area contributed by atoms with Crippen LogP contribution in [0.3, 0.4) is 0 Å². The van der Waals surface area contributed by atoms with Crippen LogP contribution in [0.1, 0.15) is 57.2 Å². The van der Waals surface area contributed by atoms with Crippen molar-refractivity contribution in [3.63, 3.8) is 0 Å². The van der Waals surface area contributed by atoms with Crippen LogP contribution in [0.25, 0.3) is 0 Å². The predicted octanol–water partition coefficient (Wildman–Crippen LogP) is 5.40. The zero-order chi connectivity index (χ0) is 17.0. The summed E-state index contributed by atoms with van der Waals surface area (Å²) in [7, 11) is -3.34. The molecule has 1 aromatic rings. The summed E-state index contributed by atoms with van der Waals surface area (Å²) < 4.78 is 24.8. The Labute approximate surface area is 139 Å². The predicted molar refractivity (Wildman–Crippen MR) is 93.4 cm³/mol. The van der Waals surface area contributed by atoms with Gasteiger partial charge in [-0.25, -0.2) is 0 Å². The van der Waals surface area contributed by atoms with Crippen molar-refractivity contribution in [3.8, 4) is 0 Å². The number of unbranched alkanes of at least 4 members (excludes halogenated alkanes) is 2. The molecule has 5 nitrogen and oxygen atoms in total. The SMILES string of the molecule is CCCCOP(=O)(OCCCC)C(CC=NO)c1ccccc1. The third-order valence-corrected chi connectivity index (χ3v) is 5.87. The average Bonchev–Trinajstić information content (AvgIpc) is 2.57. The largest absolute Gasteiger partial charge is 0.411 e. The Hall–Kier alpha value is -1.16. The fourth-order valence-electron chi connectivity index (χ4n) is 2.16. The Balaban J connectivity index is 3.01. The van der Waals surface area contributed by atoms with Gasteiger partial charge in [0.1, 0.15) is 0 Å². The molecule has 1 rings (SSSR count). The first-order valence-corrected chi connectivity index (χ1v) is 9.88. The normalized spacial score (nSPS) is 13.5. The third-order valence-electron chi connectivity index (χ3n) is 3.51. The molecule has 1 atom stereocenters. The molecular weight excluding hydrogens is 313 g/mol. The molecular formula is C17H28NO4P. The van der Waals surface area contributed by atoms with Gasteiger partial charge in [0, 0.05) is 12.6 Å². The van der Waals surface area contributed by atoms with Gasteiger partial charge >= 0.3 is 7.60 Å². The highest BCUT2D eigenvalue weighted by molar-refractivity contribution is 7.54. The van der Waals surface area contributed by atoms with E-state index in [9.17, 15) is 4.57 Å². The summed E-state index contributed by atoms with van der Waals surface area (Å²) in [6, 6.07) is 9.48. The highest BCUT2D eigenvalue weighted by Gasteiger charge is 2.36. The van der Waals surface area contributed by atoms with Crippen LogP contribution in [-0.2, 0) is 13.6 Å². The van der Waals surface area contributed by atoms with Crippen molar-refractivity contribution in [3.05, 3.63) is 35.9 Å². The molecule has 1 unspecified atom stereocenters. The molecule has 23 heavy (non-hydrogen) atoms. The maximum Gasteiger partial charge on any atom is 0.338 e. The number of benzene rings is 1. The van der Waals surface area contributed by atoms with Gasteiger partial charge in [0.2, 0.25) is 0 Å². The first-order chi connectivity index (χ1) is 11.2. The number of rotatable bonds is 12. The zero-order valence-electron chi connectivity index (χ0n) is 14.1. The molecule has 6 heteroatoms. The summed E-state index contributed by atoms with van der Waals surface area (Å²) in [5, 5.41) is 11.8. The number of hydrogen-bond acceptors (Lipinski definition) is 5. The van der Waals surface area contributed by atoms with Gasteiger partial charge in [-0.15, -0.1) is 5.16 Å². The Morgan fingerprint density at radius 2 is 1.70 bits per heavy atom. The van der Waals surface area contributed by atoms with Crippen LogP contribution in [0.5, 0.6) is 0 Å². The molecule has 0 aliphatic heterocycles. The molecule has 0 spiro atoms. The van der Waals surface area contributed by atoms with Gasteiger partial charge in [0.05, 0.1) is 18.9 Å². The molecule has 130 valence electrons. The number of oxime groups is 1. The quantitative estimate of drug-likeness (QED) is 0.182. The smallest absolute Gasteiger partial charge is 0.338 e. The van der Waals surface area contributed by atoms with Gasteiger partial charge in [-0.05, 0) is 18.4 Å². The lowest BCUT2D eigenvalue weighted by atomic mass is 10.1. The minimum atomic E-state index is -3.34. The van der Waals surface area contributed by atoms with E-state index in [1.165, 1.54) is 6.21 Å². The monoisotopic (exact) mass is 341 g/mol. The van der Waals surface area contributed by atoms with Crippen LogP contribution >= 0.6 is 7.60 Å². The average molecular weight is 341 g/mol. The lowest BCUT2D eigenvalue weighted by Gasteiger charge is -2.26. The summed E-state index contributed by atoms with van der Waals surface area (Å²) in [5.41, 5.74) is 0.400. The summed E-state index contributed by atoms with van der Waals surface area (Å²) in [6.45, 7) is 4.91. The zero-order valence-corrected chi connectivity index (χ0v) is 15.0. The van der Waals surface area contributed by atoms with Crippen molar-refractivity contribution < 1.29 is 18.8 Å². The van der Waals surface area contributed by atoms with E-state index < -0.39 is 13.3 Å². The van der Waals surface area contributed by atoms with Crippen LogP contribution in [0.4, 0.5) is 0 Å². The van der Waals surface area contributed by atoms with E-state index in [1.807, 2.05) is 30.3 Å². The van der Waals surface area contributed by atoms with Crippen molar-refractivity contribution >= 4 is 13.8 Å². The second kappa shape index (κ2) is 11.4. The summed E-state index contributed by atoms with van der Waals surface area (Å²) in [5.74, 6) is 0. The molecule has 0 saturated heterocycles. The van der Waals surface area contributed by atoms with Gasteiger partial charge in [0.15, 0.2) is 0 Å². The van der Waals surface area contributed by atoms with Crippen molar-refractivity contribution in [1.29, 1.82) is 0 Å². The van der Waals surface area contributed by atoms with Crippen molar-refractivity contribution in [2.24, 2.45) is 5.16 Å². The first kappa shape index (κ1) is 19.9. The van der Waals surface area contributed by atoms with E-state index in [0.717, 1.165) is 31.2 Å². The van der Waals surface area contributed by atoms with Crippen molar-refractivity contribution in [2.45, 2.75) is 51.6 Å². The molecule has 0 radical (unpaired) electrons. The van der Waals surface area contributed by atoms with E-state index in [1.54, 1.807) is 0 Å². The van der Waals surface area contributed by atoms with Crippen molar-refractivity contribution in [1.82, 2.24) is 0 Å². The highest BCUT2D eigenvalue weighted by atomic mass is 31.2. The highest BCUT2D eigenvalue weighted by Crippen LogP contribution is 2.62. The lowest BCUT2D eigenvalue weighted by Crippen LogP contribution is -2.09. The Kier molecular flexibility index (Phi) is 9.85. The minimum absolute atomic E-state index is 0.302. The van der Waals surface area contributed by atoms with Gasteiger partial charge in [-0.3, -0.25) is 4.57 Å². The lowest BCUT2D eigenvalue weighted by molar-refractivity contribution is 0.193. The Bertz CT molecular complexity index is 479.